The van der Waals surface area contributed by atoms with Gasteiger partial charge >= 0.3 is 0 Å². The molecule has 27 heavy (non-hydrogen) atoms. The van der Waals surface area contributed by atoms with Crippen molar-refractivity contribution in [3.63, 3.8) is 0 Å². The molecular weight excluding hydrogens is 391 g/mol. The fourth-order valence-corrected chi connectivity index (χ4v) is 4.04. The summed E-state index contributed by atoms with van der Waals surface area (Å²) in [5, 5.41) is 0.270. The first kappa shape index (κ1) is 19.1. The maximum Gasteiger partial charge on any atom is 0.266 e. The minimum absolute atomic E-state index is 0.0837. The van der Waals surface area contributed by atoms with Crippen LogP contribution >= 0.6 is 11.6 Å². The number of pyridine rings is 1. The monoisotopic (exact) mass is 406 g/mol. The van der Waals surface area contributed by atoms with E-state index in [9.17, 15) is 12.8 Å². The highest BCUT2D eigenvalue weighted by molar-refractivity contribution is 7.92. The third-order valence-electron chi connectivity index (χ3n) is 3.90. The molecule has 8 heteroatoms. The van der Waals surface area contributed by atoms with Gasteiger partial charge in [0.15, 0.2) is 0 Å². The zero-order valence-electron chi connectivity index (χ0n) is 14.5. The lowest BCUT2D eigenvalue weighted by Gasteiger charge is -2.13. The SMILES string of the molecule is COc1ccc(Cl)cc1S(=O)(=O)Nc1ccc(-c2ccc(F)cc2)c(C)n1. The van der Waals surface area contributed by atoms with Crippen LogP contribution in [0, 0.1) is 12.7 Å². The molecule has 0 aliphatic rings. The predicted octanol–water partition coefficient (Wildman–Crippen LogP) is 4.66. The molecule has 3 aromatic rings. The highest BCUT2D eigenvalue weighted by Gasteiger charge is 2.21. The smallest absolute Gasteiger partial charge is 0.266 e. The highest BCUT2D eigenvalue weighted by atomic mass is 35.5. The molecule has 140 valence electrons. The van der Waals surface area contributed by atoms with Gasteiger partial charge in [0.25, 0.3) is 10.0 Å². The van der Waals surface area contributed by atoms with Crippen LogP contribution in [0.2, 0.25) is 5.02 Å². The van der Waals surface area contributed by atoms with Gasteiger partial charge in [0.05, 0.1) is 7.11 Å². The molecule has 0 aliphatic heterocycles. The Hall–Kier alpha value is -2.64. The van der Waals surface area contributed by atoms with Crippen LogP contribution in [0.5, 0.6) is 5.75 Å². The van der Waals surface area contributed by atoms with Crippen LogP contribution in [0.4, 0.5) is 10.2 Å². The fourth-order valence-electron chi connectivity index (χ4n) is 2.61. The number of rotatable bonds is 5. The number of methoxy groups -OCH3 is 1. The first-order valence-electron chi connectivity index (χ1n) is 7.90. The van der Waals surface area contributed by atoms with Gasteiger partial charge < -0.3 is 4.74 Å². The number of sulfonamides is 1. The standard InChI is InChI=1S/C19H16ClFN2O3S/c1-12-16(13-3-6-15(21)7-4-13)8-10-19(22-12)23-27(24,25)18-11-14(20)5-9-17(18)26-2/h3-11H,1-2H3,(H,22,23). The van der Waals surface area contributed by atoms with Crippen LogP contribution in [0.25, 0.3) is 11.1 Å². The second-order valence-corrected chi connectivity index (χ2v) is 7.82. The predicted molar refractivity (Wildman–Crippen MR) is 103 cm³/mol. The molecular formula is C19H16ClFN2O3S. The van der Waals surface area contributed by atoms with Crippen LogP contribution in [-0.4, -0.2) is 20.5 Å². The third-order valence-corrected chi connectivity index (χ3v) is 5.51. The Morgan fingerprint density at radius 1 is 1.07 bits per heavy atom. The van der Waals surface area contributed by atoms with E-state index in [0.29, 0.717) is 5.69 Å². The van der Waals surface area contributed by atoms with Crippen molar-refractivity contribution in [2.24, 2.45) is 0 Å². The lowest BCUT2D eigenvalue weighted by Crippen LogP contribution is -2.15. The number of nitrogens with one attached hydrogen (secondary N) is 1. The number of hydrogen-bond donors (Lipinski definition) is 1. The maximum atomic E-state index is 13.1. The molecule has 0 saturated carbocycles. The molecule has 1 N–H and O–H groups in total. The first-order valence-corrected chi connectivity index (χ1v) is 9.76. The van der Waals surface area contributed by atoms with E-state index >= 15 is 0 Å². The Morgan fingerprint density at radius 3 is 2.41 bits per heavy atom. The molecule has 0 atom stereocenters. The van der Waals surface area contributed by atoms with Crippen molar-refractivity contribution in [1.29, 1.82) is 0 Å². The van der Waals surface area contributed by atoms with Crippen molar-refractivity contribution >= 4 is 27.4 Å². The molecule has 1 aromatic heterocycles. The van der Waals surface area contributed by atoms with Crippen LogP contribution in [-0.2, 0) is 10.0 Å². The number of anilines is 1. The Kier molecular flexibility index (Phi) is 5.34. The zero-order valence-corrected chi connectivity index (χ0v) is 16.1. The minimum atomic E-state index is -3.95. The van der Waals surface area contributed by atoms with E-state index < -0.39 is 10.0 Å². The summed E-state index contributed by atoms with van der Waals surface area (Å²) < 4.78 is 46.0. The number of halogens is 2. The molecule has 0 aliphatic carbocycles. The van der Waals surface area contributed by atoms with Gasteiger partial charge in [-0.1, -0.05) is 23.7 Å². The lowest BCUT2D eigenvalue weighted by atomic mass is 10.0. The summed E-state index contributed by atoms with van der Waals surface area (Å²) in [4.78, 5) is 4.22. The van der Waals surface area contributed by atoms with Gasteiger partial charge in [0.1, 0.15) is 22.3 Å². The molecule has 0 spiro atoms. The van der Waals surface area contributed by atoms with Crippen molar-refractivity contribution < 1.29 is 17.5 Å². The average molecular weight is 407 g/mol. The largest absolute Gasteiger partial charge is 0.495 e. The summed E-state index contributed by atoms with van der Waals surface area (Å²) in [6.45, 7) is 1.75. The first-order chi connectivity index (χ1) is 12.8. The number of benzene rings is 2. The van der Waals surface area contributed by atoms with Gasteiger partial charge in [0.2, 0.25) is 0 Å². The van der Waals surface area contributed by atoms with E-state index in [4.69, 9.17) is 16.3 Å². The summed E-state index contributed by atoms with van der Waals surface area (Å²) in [6, 6.07) is 13.6. The van der Waals surface area contributed by atoms with Gasteiger partial charge in [-0.2, -0.15) is 0 Å². The molecule has 1 heterocycles. The van der Waals surface area contributed by atoms with Gasteiger partial charge in [-0.25, -0.2) is 17.8 Å². The summed E-state index contributed by atoms with van der Waals surface area (Å²) in [5.74, 6) is -0.00356. The number of hydrogen-bond acceptors (Lipinski definition) is 4. The molecule has 0 amide bonds. The topological polar surface area (TPSA) is 68.3 Å². The van der Waals surface area contributed by atoms with E-state index in [1.807, 2.05) is 0 Å². The zero-order chi connectivity index (χ0) is 19.6. The van der Waals surface area contributed by atoms with E-state index in [2.05, 4.69) is 9.71 Å². The van der Waals surface area contributed by atoms with Crippen LogP contribution in [0.1, 0.15) is 5.69 Å². The molecule has 0 bridgehead atoms. The van der Waals surface area contributed by atoms with Gasteiger partial charge in [-0.15, -0.1) is 0 Å². The second kappa shape index (κ2) is 7.54. The maximum absolute atomic E-state index is 13.1. The Morgan fingerprint density at radius 2 is 1.78 bits per heavy atom. The summed E-state index contributed by atoms with van der Waals surface area (Å²) in [7, 11) is -2.57. The van der Waals surface area contributed by atoms with Gasteiger partial charge in [-0.3, -0.25) is 4.72 Å². The van der Waals surface area contributed by atoms with Gasteiger partial charge in [-0.05, 0) is 55.0 Å². The van der Waals surface area contributed by atoms with Crippen LogP contribution in [0.3, 0.4) is 0 Å². The number of ether oxygens (including phenoxy) is 1. The molecule has 0 radical (unpaired) electrons. The quantitative estimate of drug-likeness (QED) is 0.669. The Bertz CT molecular complexity index is 1090. The van der Waals surface area contributed by atoms with Crippen molar-refractivity contribution in [1.82, 2.24) is 4.98 Å². The molecule has 5 nitrogen and oxygen atoms in total. The fraction of sp³-hybridized carbons (Fsp3) is 0.105. The van der Waals surface area contributed by atoms with Crippen molar-refractivity contribution in [3.05, 3.63) is 71.1 Å². The van der Waals surface area contributed by atoms with Crippen LogP contribution in [0.15, 0.2) is 59.5 Å². The Labute approximate surface area is 161 Å². The number of aromatic nitrogens is 1. The van der Waals surface area contributed by atoms with E-state index in [1.165, 1.54) is 31.4 Å². The normalized spacial score (nSPS) is 11.3. The number of aryl methyl sites for hydroxylation is 1. The number of nitrogens with zero attached hydrogens (tertiary/aromatic N) is 1. The van der Waals surface area contributed by atoms with Crippen molar-refractivity contribution in [3.8, 4) is 16.9 Å². The molecule has 2 aromatic carbocycles. The van der Waals surface area contributed by atoms with Crippen LogP contribution < -0.4 is 9.46 Å². The van der Waals surface area contributed by atoms with E-state index in [0.717, 1.165) is 11.1 Å². The van der Waals surface area contributed by atoms with E-state index in [-0.39, 0.29) is 27.3 Å². The summed E-state index contributed by atoms with van der Waals surface area (Å²) >= 11 is 5.92. The second-order valence-electron chi connectivity index (χ2n) is 5.74. The highest BCUT2D eigenvalue weighted by Crippen LogP contribution is 2.29. The summed E-state index contributed by atoms with van der Waals surface area (Å²) in [6.07, 6.45) is 0. The lowest BCUT2D eigenvalue weighted by molar-refractivity contribution is 0.403. The Balaban J connectivity index is 1.93. The van der Waals surface area contributed by atoms with Gasteiger partial charge in [0, 0.05) is 16.3 Å². The van der Waals surface area contributed by atoms with E-state index in [1.54, 1.807) is 37.3 Å². The molecule has 3 rings (SSSR count). The minimum Gasteiger partial charge on any atom is -0.495 e. The molecule has 0 unspecified atom stereocenters. The van der Waals surface area contributed by atoms with Crippen molar-refractivity contribution in [2.45, 2.75) is 11.8 Å². The third kappa shape index (κ3) is 4.20. The summed E-state index contributed by atoms with van der Waals surface area (Å²) in [5.41, 5.74) is 2.16. The molecule has 0 saturated heterocycles. The van der Waals surface area contributed by atoms with Crippen molar-refractivity contribution in [2.75, 3.05) is 11.8 Å². The molecule has 0 fully saturated rings. The average Bonchev–Trinajstić information content (AvgIpc) is 2.62.